The molecule has 3 nitrogen and oxygen atoms in total. The van der Waals surface area contributed by atoms with E-state index >= 15 is 0 Å². The zero-order valence-corrected chi connectivity index (χ0v) is 47.3. The SMILES string of the molecule is CCCCC1(C)CCC(C)(C)c2ccc(N(c3cccc(N(c4ccc(C(C)(C)C)cc4)c4cc(C)cc(Nc5ccc(C(C)(C)C)cc5-c5ccccc5)c4)c3)c3ccc4c(c3)C(C)(C)CCC4(C)C)cc21. The molecule has 0 aromatic heterocycles. The summed E-state index contributed by atoms with van der Waals surface area (Å²) in [6.45, 7) is 35.6. The number of hydrogen-bond donors (Lipinski definition) is 1. The first-order valence-corrected chi connectivity index (χ1v) is 27.6. The Balaban J connectivity index is 1.23. The van der Waals surface area contributed by atoms with Crippen LogP contribution >= 0.6 is 0 Å². The second-order valence-electron chi connectivity index (χ2n) is 26.3. The second-order valence-corrected chi connectivity index (χ2v) is 26.3. The molecule has 0 saturated carbocycles. The van der Waals surface area contributed by atoms with Crippen LogP contribution in [0.1, 0.15) is 181 Å². The monoisotopic (exact) mass is 968 g/mol. The van der Waals surface area contributed by atoms with Gasteiger partial charge in [-0.3, -0.25) is 0 Å². The van der Waals surface area contributed by atoms with E-state index in [0.29, 0.717) is 0 Å². The first kappa shape index (κ1) is 51.8. The lowest BCUT2D eigenvalue weighted by molar-refractivity contribution is 0.291. The maximum absolute atomic E-state index is 3.94. The van der Waals surface area contributed by atoms with E-state index in [1.165, 1.54) is 106 Å². The maximum atomic E-state index is 3.94. The Labute approximate surface area is 441 Å². The lowest BCUT2D eigenvalue weighted by Gasteiger charge is -2.45. The Morgan fingerprint density at radius 1 is 0.452 bits per heavy atom. The summed E-state index contributed by atoms with van der Waals surface area (Å²) in [5.41, 5.74) is 21.7. The van der Waals surface area contributed by atoms with Crippen molar-refractivity contribution in [3.05, 3.63) is 191 Å². The first-order chi connectivity index (χ1) is 34.4. The van der Waals surface area contributed by atoms with E-state index in [0.717, 1.165) is 34.1 Å². The van der Waals surface area contributed by atoms with E-state index in [-0.39, 0.29) is 32.5 Å². The van der Waals surface area contributed by atoms with Crippen LogP contribution in [0.5, 0.6) is 0 Å². The maximum Gasteiger partial charge on any atom is 0.0484 e. The molecule has 9 rings (SSSR count). The molecule has 7 aromatic rings. The number of nitrogens with one attached hydrogen (secondary N) is 1. The van der Waals surface area contributed by atoms with Crippen molar-refractivity contribution in [2.45, 2.75) is 181 Å². The third-order valence-corrected chi connectivity index (χ3v) is 17.0. The number of benzene rings is 7. The minimum Gasteiger partial charge on any atom is -0.355 e. The van der Waals surface area contributed by atoms with Crippen molar-refractivity contribution >= 4 is 45.5 Å². The molecule has 2 aliphatic carbocycles. The molecular formula is C70H85N3. The van der Waals surface area contributed by atoms with E-state index < -0.39 is 0 Å². The normalized spacial score (nSPS) is 17.8. The van der Waals surface area contributed by atoms with E-state index in [4.69, 9.17) is 0 Å². The van der Waals surface area contributed by atoms with Crippen LogP contribution in [0.15, 0.2) is 152 Å². The van der Waals surface area contributed by atoms with Crippen LogP contribution in [-0.4, -0.2) is 0 Å². The molecule has 0 aliphatic heterocycles. The summed E-state index contributed by atoms with van der Waals surface area (Å²) in [6.07, 6.45) is 8.43. The van der Waals surface area contributed by atoms with Crippen molar-refractivity contribution in [3.8, 4) is 11.1 Å². The molecule has 7 aromatic carbocycles. The lowest BCUT2D eigenvalue weighted by atomic mass is 9.61. The fraction of sp³-hybridized carbons (Fsp3) is 0.400. The highest BCUT2D eigenvalue weighted by Crippen LogP contribution is 2.53. The van der Waals surface area contributed by atoms with Crippen molar-refractivity contribution < 1.29 is 0 Å². The van der Waals surface area contributed by atoms with E-state index in [1.54, 1.807) is 0 Å². The third kappa shape index (κ3) is 10.5. The molecule has 0 amide bonds. The van der Waals surface area contributed by atoms with Gasteiger partial charge in [0.2, 0.25) is 0 Å². The van der Waals surface area contributed by atoms with Crippen molar-refractivity contribution in [1.29, 1.82) is 0 Å². The van der Waals surface area contributed by atoms with E-state index in [9.17, 15) is 0 Å². The van der Waals surface area contributed by atoms with Crippen molar-refractivity contribution in [2.24, 2.45) is 0 Å². The zero-order valence-electron chi connectivity index (χ0n) is 47.3. The van der Waals surface area contributed by atoms with Gasteiger partial charge in [0.1, 0.15) is 0 Å². The van der Waals surface area contributed by atoms with Gasteiger partial charge in [0.25, 0.3) is 0 Å². The highest BCUT2D eigenvalue weighted by molar-refractivity contribution is 5.87. The molecule has 0 fully saturated rings. The van der Waals surface area contributed by atoms with Gasteiger partial charge in [-0.15, -0.1) is 0 Å². The number of fused-ring (bicyclic) bond motifs is 2. The van der Waals surface area contributed by atoms with Gasteiger partial charge in [-0.05, 0) is 201 Å². The average molecular weight is 968 g/mol. The van der Waals surface area contributed by atoms with Crippen LogP contribution in [-0.2, 0) is 32.5 Å². The highest BCUT2D eigenvalue weighted by Gasteiger charge is 2.41. The van der Waals surface area contributed by atoms with Crippen molar-refractivity contribution in [2.75, 3.05) is 15.1 Å². The summed E-state index contributed by atoms with van der Waals surface area (Å²) in [6, 6.07) is 58.2. The van der Waals surface area contributed by atoms with Gasteiger partial charge in [-0.1, -0.05) is 177 Å². The minimum atomic E-state index is 0.0190. The molecule has 0 radical (unpaired) electrons. The number of anilines is 8. The standard InChI is InChI=1S/C70H85N3/c1-16-17-36-70(15)40-39-68(11,12)61-34-32-57(47-63(61)70)73(56-31-33-60-62(46-56)69(13,14)38-37-67(60,9)10)55-25-21-24-54(45-55)72(53-29-26-50(27-30-53)65(3,4)5)58-42-48(2)41-52(44-58)71-64-35-28-51(66(6,7)8)43-59(64)49-22-19-18-20-23-49/h18-35,41-47,71H,16-17,36-40H2,1-15H3. The number of unbranched alkanes of at least 4 members (excludes halogenated alkanes) is 1. The summed E-state index contributed by atoms with van der Waals surface area (Å²) < 4.78 is 0. The Hall–Kier alpha value is -6.06. The number of nitrogens with zero attached hydrogens (tertiary/aromatic N) is 2. The molecule has 1 unspecified atom stereocenters. The number of aryl methyl sites for hydroxylation is 1. The number of rotatable bonds is 12. The Kier molecular flexibility index (Phi) is 13.7. The predicted octanol–water partition coefficient (Wildman–Crippen LogP) is 20.8. The van der Waals surface area contributed by atoms with Crippen LogP contribution in [0.2, 0.25) is 0 Å². The predicted molar refractivity (Wildman–Crippen MR) is 318 cm³/mol. The molecule has 2 aliphatic rings. The second kappa shape index (κ2) is 19.3. The quantitative estimate of drug-likeness (QED) is 0.132. The summed E-state index contributed by atoms with van der Waals surface area (Å²) in [4.78, 5) is 5.03. The van der Waals surface area contributed by atoms with E-state index in [2.05, 4.69) is 271 Å². The molecule has 0 spiro atoms. The van der Waals surface area contributed by atoms with Gasteiger partial charge in [-0.25, -0.2) is 0 Å². The average Bonchev–Trinajstić information content (AvgIpc) is 3.34. The zero-order chi connectivity index (χ0) is 52.3. The van der Waals surface area contributed by atoms with Crippen molar-refractivity contribution in [1.82, 2.24) is 0 Å². The summed E-state index contributed by atoms with van der Waals surface area (Å²) in [7, 11) is 0. The molecule has 0 bridgehead atoms. The molecule has 73 heavy (non-hydrogen) atoms. The molecule has 3 heteroatoms. The minimum absolute atomic E-state index is 0.0190. The van der Waals surface area contributed by atoms with Crippen LogP contribution < -0.4 is 15.1 Å². The van der Waals surface area contributed by atoms with Crippen molar-refractivity contribution in [3.63, 3.8) is 0 Å². The topological polar surface area (TPSA) is 18.5 Å². The summed E-state index contributed by atoms with van der Waals surface area (Å²) in [5, 5.41) is 3.94. The van der Waals surface area contributed by atoms with E-state index in [1.807, 2.05) is 0 Å². The molecule has 1 atom stereocenters. The lowest BCUT2D eigenvalue weighted by Crippen LogP contribution is -2.36. The van der Waals surface area contributed by atoms with Crippen LogP contribution in [0.25, 0.3) is 11.1 Å². The van der Waals surface area contributed by atoms with Gasteiger partial charge < -0.3 is 15.1 Å². The smallest absolute Gasteiger partial charge is 0.0484 e. The van der Waals surface area contributed by atoms with Gasteiger partial charge in [0.05, 0.1) is 0 Å². The fourth-order valence-electron chi connectivity index (χ4n) is 12.0. The van der Waals surface area contributed by atoms with Gasteiger partial charge in [0.15, 0.2) is 0 Å². The fourth-order valence-corrected chi connectivity index (χ4v) is 12.0. The number of hydrogen-bond acceptors (Lipinski definition) is 3. The summed E-state index contributed by atoms with van der Waals surface area (Å²) >= 11 is 0. The molecule has 0 heterocycles. The van der Waals surface area contributed by atoms with Crippen LogP contribution in [0.3, 0.4) is 0 Å². The Morgan fingerprint density at radius 3 is 1.58 bits per heavy atom. The van der Waals surface area contributed by atoms with Gasteiger partial charge in [0, 0.05) is 51.1 Å². The molecule has 1 N–H and O–H groups in total. The molecule has 380 valence electrons. The largest absolute Gasteiger partial charge is 0.355 e. The highest BCUT2D eigenvalue weighted by atomic mass is 15.2. The van der Waals surface area contributed by atoms with Crippen LogP contribution in [0.4, 0.5) is 45.5 Å². The Morgan fingerprint density at radius 2 is 0.973 bits per heavy atom. The van der Waals surface area contributed by atoms with Crippen LogP contribution in [0, 0.1) is 6.92 Å². The molecular weight excluding hydrogens is 883 g/mol. The Bertz CT molecular complexity index is 3100. The van der Waals surface area contributed by atoms with Gasteiger partial charge >= 0.3 is 0 Å². The molecule has 0 saturated heterocycles. The summed E-state index contributed by atoms with van der Waals surface area (Å²) in [5.74, 6) is 0. The third-order valence-electron chi connectivity index (χ3n) is 17.0. The first-order valence-electron chi connectivity index (χ1n) is 27.6. The van der Waals surface area contributed by atoms with Gasteiger partial charge in [-0.2, -0.15) is 0 Å².